The third-order valence-corrected chi connectivity index (χ3v) is 6.25. The predicted molar refractivity (Wildman–Crippen MR) is 140 cm³/mol. The van der Waals surface area contributed by atoms with E-state index in [0.29, 0.717) is 25.0 Å². The van der Waals surface area contributed by atoms with Gasteiger partial charge in [-0.25, -0.2) is 9.59 Å². The smallest absolute Gasteiger partial charge is 0.410 e. The van der Waals surface area contributed by atoms with Gasteiger partial charge in [-0.15, -0.1) is 0 Å². The van der Waals surface area contributed by atoms with E-state index in [4.69, 9.17) is 4.42 Å². The van der Waals surface area contributed by atoms with Crippen molar-refractivity contribution >= 4 is 11.9 Å². The van der Waals surface area contributed by atoms with E-state index in [-0.39, 0.29) is 17.2 Å². The van der Waals surface area contributed by atoms with Crippen molar-refractivity contribution in [2.24, 2.45) is 5.92 Å². The number of Topliss-reactive ketones (excluding diaryl/α,β-unsaturated/α-hetero) is 1. The van der Waals surface area contributed by atoms with Crippen LogP contribution in [0.2, 0.25) is 0 Å². The van der Waals surface area contributed by atoms with Crippen LogP contribution in [0.15, 0.2) is 51.8 Å². The van der Waals surface area contributed by atoms with Crippen LogP contribution >= 0.6 is 0 Å². The highest BCUT2D eigenvalue weighted by Crippen LogP contribution is 2.26. The molecule has 0 saturated heterocycles. The first-order valence-corrected chi connectivity index (χ1v) is 12.7. The van der Waals surface area contributed by atoms with E-state index in [2.05, 4.69) is 29.1 Å². The number of unbranched alkanes of at least 4 members (excludes halogenated alkanes) is 3. The van der Waals surface area contributed by atoms with Gasteiger partial charge in [0.1, 0.15) is 17.1 Å². The van der Waals surface area contributed by atoms with E-state index in [1.165, 1.54) is 44.2 Å². The van der Waals surface area contributed by atoms with Crippen LogP contribution in [0.5, 0.6) is 5.75 Å². The van der Waals surface area contributed by atoms with E-state index in [0.717, 1.165) is 18.4 Å². The van der Waals surface area contributed by atoms with Gasteiger partial charge in [0.25, 0.3) is 0 Å². The first kappa shape index (κ1) is 28.9. The number of ether oxygens (including phenoxy) is 1. The molecule has 0 aliphatic carbocycles. The zero-order valence-electron chi connectivity index (χ0n) is 21.8. The van der Waals surface area contributed by atoms with Gasteiger partial charge >= 0.3 is 11.7 Å². The molecular formula is C29H39NO6. The molecule has 196 valence electrons. The number of alkyl carbamates (subject to hydrolysis) is 1. The summed E-state index contributed by atoms with van der Waals surface area (Å²) in [5.74, 6) is -1.12. The van der Waals surface area contributed by atoms with Crippen LogP contribution in [0.1, 0.15) is 92.5 Å². The Labute approximate surface area is 213 Å². The van der Waals surface area contributed by atoms with Crippen LogP contribution in [0.3, 0.4) is 0 Å². The number of ketones is 1. The van der Waals surface area contributed by atoms with Gasteiger partial charge in [-0.3, -0.25) is 10.1 Å². The number of carbonyl (C=O) groups is 2. The number of methoxy groups -OCH3 is 1. The van der Waals surface area contributed by atoms with Gasteiger partial charge < -0.3 is 14.3 Å². The number of aryl methyl sites for hydroxylation is 1. The van der Waals surface area contributed by atoms with Crippen molar-refractivity contribution in [1.82, 2.24) is 5.32 Å². The Bertz CT molecular complexity index is 1090. The normalized spacial score (nSPS) is 12.9. The lowest BCUT2D eigenvalue weighted by molar-refractivity contribution is 0.0921. The van der Waals surface area contributed by atoms with Crippen molar-refractivity contribution in [1.29, 1.82) is 0 Å². The highest BCUT2D eigenvalue weighted by Gasteiger charge is 2.25. The Balaban J connectivity index is 2.01. The molecule has 1 amide bonds. The van der Waals surface area contributed by atoms with Crippen molar-refractivity contribution in [3.63, 3.8) is 0 Å². The predicted octanol–water partition coefficient (Wildman–Crippen LogP) is 6.28. The summed E-state index contributed by atoms with van der Waals surface area (Å²) in [4.78, 5) is 36.7. The van der Waals surface area contributed by atoms with Crippen molar-refractivity contribution in [2.45, 2.75) is 78.1 Å². The fraction of sp³-hybridized carbons (Fsp3) is 0.483. The fourth-order valence-corrected chi connectivity index (χ4v) is 4.09. The number of hydrogen-bond acceptors (Lipinski definition) is 6. The molecule has 2 atom stereocenters. The summed E-state index contributed by atoms with van der Waals surface area (Å²) in [6.45, 7) is 5.82. The van der Waals surface area contributed by atoms with E-state index in [1.54, 1.807) is 13.0 Å². The SMILES string of the molecule is CCCCCCc1cccc(CC(C)C(=O)c2c(O)cc(C(C)CC/C=C/NC(=O)OC)oc2=O)c1. The van der Waals surface area contributed by atoms with Crippen LogP contribution in [0.25, 0.3) is 0 Å². The maximum atomic E-state index is 13.1. The van der Waals surface area contributed by atoms with Gasteiger partial charge in [-0.2, -0.15) is 0 Å². The van der Waals surface area contributed by atoms with Crippen LogP contribution in [-0.2, 0) is 17.6 Å². The molecule has 1 heterocycles. The number of amides is 1. The van der Waals surface area contributed by atoms with Gasteiger partial charge in [-0.1, -0.05) is 70.4 Å². The second kappa shape index (κ2) is 14.9. The highest BCUT2D eigenvalue weighted by molar-refractivity contribution is 5.99. The monoisotopic (exact) mass is 497 g/mol. The number of aromatic hydroxyl groups is 1. The van der Waals surface area contributed by atoms with E-state index < -0.39 is 23.4 Å². The first-order valence-electron chi connectivity index (χ1n) is 12.7. The summed E-state index contributed by atoms with van der Waals surface area (Å²) in [7, 11) is 1.28. The molecule has 0 radical (unpaired) electrons. The minimum atomic E-state index is -0.818. The van der Waals surface area contributed by atoms with E-state index >= 15 is 0 Å². The molecule has 0 aliphatic rings. The Kier molecular flexibility index (Phi) is 12.0. The third kappa shape index (κ3) is 9.02. The second-order valence-corrected chi connectivity index (χ2v) is 9.31. The van der Waals surface area contributed by atoms with Crippen LogP contribution in [0.4, 0.5) is 4.79 Å². The van der Waals surface area contributed by atoms with Gasteiger partial charge in [0.05, 0.1) is 7.11 Å². The van der Waals surface area contributed by atoms with Crippen molar-refractivity contribution in [2.75, 3.05) is 7.11 Å². The minimum Gasteiger partial charge on any atom is -0.507 e. The molecule has 1 aromatic heterocycles. The quantitative estimate of drug-likeness (QED) is 0.235. The van der Waals surface area contributed by atoms with Crippen molar-refractivity contribution in [3.8, 4) is 5.75 Å². The molecule has 1 aromatic carbocycles. The molecule has 0 fully saturated rings. The maximum Gasteiger partial charge on any atom is 0.410 e. The fourth-order valence-electron chi connectivity index (χ4n) is 4.09. The molecule has 0 saturated carbocycles. The lowest BCUT2D eigenvalue weighted by atomic mass is 9.91. The molecule has 2 aromatic rings. The molecule has 2 N–H and O–H groups in total. The average molecular weight is 498 g/mol. The molecule has 7 nitrogen and oxygen atoms in total. The zero-order valence-corrected chi connectivity index (χ0v) is 21.8. The largest absolute Gasteiger partial charge is 0.507 e. The van der Waals surface area contributed by atoms with Crippen molar-refractivity contribution in [3.05, 3.63) is 75.5 Å². The number of carbonyl (C=O) groups excluding carboxylic acids is 2. The second-order valence-electron chi connectivity index (χ2n) is 9.31. The van der Waals surface area contributed by atoms with Crippen molar-refractivity contribution < 1.29 is 23.8 Å². The summed E-state index contributed by atoms with van der Waals surface area (Å²) in [6, 6.07) is 9.58. The number of hydrogen-bond donors (Lipinski definition) is 2. The first-order chi connectivity index (χ1) is 17.3. The standard InChI is InChI=1S/C29H39NO6/c1-5-6-7-8-13-22-14-11-15-23(18-22)17-21(3)27(32)26-24(31)19-25(36-28(26)33)20(2)12-9-10-16-30-29(34)35-4/h10-11,14-16,18-21,31H,5-9,12-13,17H2,1-4H3,(H,30,34)/b16-10+. The Morgan fingerprint density at radius 3 is 2.58 bits per heavy atom. The molecule has 7 heteroatoms. The van der Waals surface area contributed by atoms with Gasteiger partial charge in [0.15, 0.2) is 5.78 Å². The summed E-state index contributed by atoms with van der Waals surface area (Å²) in [5.41, 5.74) is 1.17. The van der Waals surface area contributed by atoms with Gasteiger partial charge in [-0.05, 0) is 43.2 Å². The number of nitrogens with one attached hydrogen (secondary N) is 1. The summed E-state index contributed by atoms with van der Waals surface area (Å²) < 4.78 is 9.89. The Morgan fingerprint density at radius 1 is 1.14 bits per heavy atom. The van der Waals surface area contributed by atoms with Crippen LogP contribution in [-0.4, -0.2) is 24.1 Å². The Hall–Kier alpha value is -3.35. The molecule has 0 aliphatic heterocycles. The average Bonchev–Trinajstić information content (AvgIpc) is 2.85. The summed E-state index contributed by atoms with van der Waals surface area (Å²) in [5, 5.41) is 13.0. The lowest BCUT2D eigenvalue weighted by Gasteiger charge is -2.14. The lowest BCUT2D eigenvalue weighted by Crippen LogP contribution is -2.22. The van der Waals surface area contributed by atoms with E-state index in [1.807, 2.05) is 19.1 Å². The van der Waals surface area contributed by atoms with Gasteiger partial charge in [0, 0.05) is 24.1 Å². The van der Waals surface area contributed by atoms with Crippen LogP contribution < -0.4 is 10.9 Å². The Morgan fingerprint density at radius 2 is 1.89 bits per heavy atom. The third-order valence-electron chi connectivity index (χ3n) is 6.25. The van der Waals surface area contributed by atoms with E-state index in [9.17, 15) is 19.5 Å². The number of allylic oxidation sites excluding steroid dienone is 1. The summed E-state index contributed by atoms with van der Waals surface area (Å²) in [6.07, 6.45) is 10.2. The number of rotatable bonds is 14. The molecule has 0 bridgehead atoms. The topological polar surface area (TPSA) is 106 Å². The minimum absolute atomic E-state index is 0.173. The summed E-state index contributed by atoms with van der Waals surface area (Å²) >= 11 is 0. The van der Waals surface area contributed by atoms with Crippen LogP contribution in [0, 0.1) is 5.92 Å². The van der Waals surface area contributed by atoms with Gasteiger partial charge in [0.2, 0.25) is 0 Å². The molecule has 0 spiro atoms. The highest BCUT2D eigenvalue weighted by atomic mass is 16.5. The zero-order chi connectivity index (χ0) is 26.5. The molecular weight excluding hydrogens is 458 g/mol. The molecule has 36 heavy (non-hydrogen) atoms. The maximum absolute atomic E-state index is 13.1. The molecule has 2 rings (SSSR count). The molecule has 2 unspecified atom stereocenters. The number of benzene rings is 1.